The van der Waals surface area contributed by atoms with Crippen LogP contribution in [0.5, 0.6) is 11.5 Å². The number of anilines is 1. The summed E-state index contributed by atoms with van der Waals surface area (Å²) in [6.45, 7) is -2.17. The highest BCUT2D eigenvalue weighted by Gasteiger charge is 2.26. The fourth-order valence-corrected chi connectivity index (χ4v) is 3.74. The first-order valence-electron chi connectivity index (χ1n) is 9.22. The fraction of sp³-hybridized carbons (Fsp3) is 0.368. The van der Waals surface area contributed by atoms with Gasteiger partial charge in [-0.2, -0.15) is 8.78 Å². The highest BCUT2D eigenvalue weighted by atomic mass is 19.3. The second-order valence-corrected chi connectivity index (χ2v) is 7.21. The molecule has 2 aromatic heterocycles. The molecule has 30 heavy (non-hydrogen) atoms. The van der Waals surface area contributed by atoms with Crippen LogP contribution in [0.25, 0.3) is 16.8 Å². The van der Waals surface area contributed by atoms with E-state index in [0.29, 0.717) is 31.0 Å². The van der Waals surface area contributed by atoms with Gasteiger partial charge in [0.2, 0.25) is 5.95 Å². The molecule has 1 saturated heterocycles. The maximum Gasteiger partial charge on any atom is 0.387 e. The summed E-state index contributed by atoms with van der Waals surface area (Å²) in [6.07, 6.45) is 1.02. The molecule has 4 rings (SSSR count). The van der Waals surface area contributed by atoms with Crippen molar-refractivity contribution in [2.24, 2.45) is 0 Å². The molecule has 0 radical (unpaired) electrons. The average Bonchev–Trinajstić information content (AvgIpc) is 3.11. The number of hydrogen-bond acceptors (Lipinski definition) is 6. The number of benzene rings is 1. The zero-order valence-electron chi connectivity index (χ0n) is 15.9. The number of hydrogen-bond donors (Lipinski definition) is 2. The lowest BCUT2D eigenvalue weighted by molar-refractivity contribution is -0.0500. The van der Waals surface area contributed by atoms with Crippen molar-refractivity contribution in [2.75, 3.05) is 25.5 Å². The van der Waals surface area contributed by atoms with E-state index in [0.717, 1.165) is 12.1 Å². The maximum absolute atomic E-state index is 14.6. The Labute approximate surface area is 168 Å². The minimum absolute atomic E-state index is 0.0216. The third kappa shape index (κ3) is 3.97. The van der Waals surface area contributed by atoms with Gasteiger partial charge in [-0.05, 0) is 19.2 Å². The minimum atomic E-state index is -3.15. The van der Waals surface area contributed by atoms with Crippen LogP contribution in [0.4, 0.5) is 23.5 Å². The number of nitrogens with zero attached hydrogens (tertiary/aromatic N) is 4. The molecule has 0 bridgehead atoms. The molecule has 1 fully saturated rings. The van der Waals surface area contributed by atoms with Crippen molar-refractivity contribution in [3.05, 3.63) is 36.3 Å². The average molecular weight is 425 g/mol. The van der Waals surface area contributed by atoms with Gasteiger partial charge in [0.1, 0.15) is 29.2 Å². The summed E-state index contributed by atoms with van der Waals surface area (Å²) in [5.74, 6) is -1.77. The molecule has 3 aromatic rings. The van der Waals surface area contributed by atoms with E-state index in [4.69, 9.17) is 0 Å². The van der Waals surface area contributed by atoms with Gasteiger partial charge >= 0.3 is 6.61 Å². The number of aromatic nitrogens is 3. The van der Waals surface area contributed by atoms with Crippen molar-refractivity contribution in [1.82, 2.24) is 19.5 Å². The summed E-state index contributed by atoms with van der Waals surface area (Å²) in [5, 5.41) is 21.5. The lowest BCUT2D eigenvalue weighted by Crippen LogP contribution is -2.45. The monoisotopic (exact) mass is 425 g/mol. The van der Waals surface area contributed by atoms with E-state index in [2.05, 4.69) is 20.3 Å². The molecule has 0 unspecified atom stereocenters. The molecule has 1 aromatic carbocycles. The molecule has 0 amide bonds. The number of fused-ring (bicyclic) bond motifs is 1. The molecule has 3 heterocycles. The third-order valence-electron chi connectivity index (χ3n) is 4.88. The van der Waals surface area contributed by atoms with Crippen LogP contribution in [0, 0.1) is 5.82 Å². The van der Waals surface area contributed by atoms with Crippen molar-refractivity contribution in [1.29, 1.82) is 0 Å². The molecule has 2 atom stereocenters. The van der Waals surface area contributed by atoms with Gasteiger partial charge in [0.15, 0.2) is 0 Å². The largest absolute Gasteiger partial charge is 0.507 e. The Balaban J connectivity index is 1.69. The van der Waals surface area contributed by atoms with Crippen LogP contribution in [0.15, 0.2) is 30.5 Å². The lowest BCUT2D eigenvalue weighted by Gasteiger charge is -2.32. The lowest BCUT2D eigenvalue weighted by atomic mass is 10.1. The standard InChI is InChI=1S/C19H19F4N5O2/c1-27-8-10(20)5-11(9-27)24-19-26-25-17(14-3-2-4-28(14)19)16-13(21)6-12(7-15(16)29)30-18(22)23/h2-4,6-7,10-11,18,29H,5,8-9H2,1H3,(H,24,26)/t10-,11-/m1/s1. The van der Waals surface area contributed by atoms with Crippen LogP contribution in [0.1, 0.15) is 6.42 Å². The Hall–Kier alpha value is -3.08. The number of phenols is 1. The Morgan fingerprint density at radius 2 is 2.07 bits per heavy atom. The van der Waals surface area contributed by atoms with Crippen LogP contribution in [0.2, 0.25) is 0 Å². The number of halogens is 4. The SMILES string of the molecule is CN1C[C@H](F)C[C@@H](Nc2nnc(-c3c(O)cc(OC(F)F)cc3F)c3cccn23)C1. The first-order chi connectivity index (χ1) is 14.3. The summed E-state index contributed by atoms with van der Waals surface area (Å²) >= 11 is 0. The van der Waals surface area contributed by atoms with Gasteiger partial charge in [0, 0.05) is 43.9 Å². The number of likely N-dealkylation sites (tertiary alicyclic amines) is 1. The second-order valence-electron chi connectivity index (χ2n) is 7.21. The first-order valence-corrected chi connectivity index (χ1v) is 9.22. The zero-order valence-corrected chi connectivity index (χ0v) is 15.9. The van der Waals surface area contributed by atoms with Crippen molar-refractivity contribution in [3.8, 4) is 22.8 Å². The predicted octanol–water partition coefficient (Wildman–Crippen LogP) is 3.30. The molecule has 160 valence electrons. The normalized spacial score (nSPS) is 20.1. The molecule has 7 nitrogen and oxygen atoms in total. The second kappa shape index (κ2) is 7.98. The van der Waals surface area contributed by atoms with Crippen LogP contribution in [-0.4, -0.2) is 63.6 Å². The Bertz CT molecular complexity index is 1030. The number of nitrogens with one attached hydrogen (secondary N) is 1. The van der Waals surface area contributed by atoms with Gasteiger partial charge in [0.25, 0.3) is 0 Å². The molecule has 1 aliphatic heterocycles. The maximum atomic E-state index is 14.6. The van der Waals surface area contributed by atoms with Gasteiger partial charge in [-0.15, -0.1) is 10.2 Å². The minimum Gasteiger partial charge on any atom is -0.507 e. The van der Waals surface area contributed by atoms with Crippen LogP contribution >= 0.6 is 0 Å². The molecule has 0 saturated carbocycles. The number of piperidine rings is 1. The van der Waals surface area contributed by atoms with Gasteiger partial charge in [-0.25, -0.2) is 8.78 Å². The van der Waals surface area contributed by atoms with Crippen molar-refractivity contribution in [2.45, 2.75) is 25.2 Å². The van der Waals surface area contributed by atoms with Gasteiger partial charge in [0.05, 0.1) is 11.1 Å². The van der Waals surface area contributed by atoms with E-state index in [-0.39, 0.29) is 17.3 Å². The van der Waals surface area contributed by atoms with E-state index in [9.17, 15) is 22.7 Å². The predicted molar refractivity (Wildman–Crippen MR) is 101 cm³/mol. The topological polar surface area (TPSA) is 74.9 Å². The smallest absolute Gasteiger partial charge is 0.387 e. The van der Waals surface area contributed by atoms with Crippen molar-refractivity contribution < 1.29 is 27.4 Å². The number of ether oxygens (including phenoxy) is 1. The molecule has 11 heteroatoms. The van der Waals surface area contributed by atoms with E-state index >= 15 is 0 Å². The Morgan fingerprint density at radius 3 is 2.77 bits per heavy atom. The molecule has 0 aliphatic carbocycles. The van der Waals surface area contributed by atoms with Gasteiger partial charge in [-0.3, -0.25) is 4.40 Å². The summed E-state index contributed by atoms with van der Waals surface area (Å²) in [4.78, 5) is 1.87. The number of likely N-dealkylation sites (N-methyl/N-ethyl adjacent to an activating group) is 1. The third-order valence-corrected chi connectivity index (χ3v) is 4.88. The summed E-state index contributed by atoms with van der Waals surface area (Å²) in [7, 11) is 1.83. The number of phenolic OH excluding ortho intramolecular Hbond substituents is 1. The molecular formula is C19H19F4N5O2. The first kappa shape index (κ1) is 20.2. The molecule has 0 spiro atoms. The van der Waals surface area contributed by atoms with Crippen LogP contribution < -0.4 is 10.1 Å². The van der Waals surface area contributed by atoms with E-state index in [1.807, 2.05) is 11.9 Å². The van der Waals surface area contributed by atoms with Crippen LogP contribution in [0.3, 0.4) is 0 Å². The quantitative estimate of drug-likeness (QED) is 0.611. The van der Waals surface area contributed by atoms with Crippen molar-refractivity contribution in [3.63, 3.8) is 0 Å². The summed E-state index contributed by atoms with van der Waals surface area (Å²) in [6, 6.07) is 4.76. The zero-order chi connectivity index (χ0) is 21.4. The number of rotatable bonds is 5. The van der Waals surface area contributed by atoms with Crippen molar-refractivity contribution >= 4 is 11.5 Å². The molecule has 1 aliphatic rings. The highest BCUT2D eigenvalue weighted by Crippen LogP contribution is 2.37. The molecular weight excluding hydrogens is 406 g/mol. The Morgan fingerprint density at radius 1 is 1.27 bits per heavy atom. The van der Waals surface area contributed by atoms with Gasteiger partial charge < -0.3 is 20.1 Å². The van der Waals surface area contributed by atoms with E-state index < -0.39 is 30.1 Å². The van der Waals surface area contributed by atoms with E-state index in [1.165, 1.54) is 0 Å². The Kier molecular flexibility index (Phi) is 5.37. The number of aromatic hydroxyl groups is 1. The molecule has 2 N–H and O–H groups in total. The summed E-state index contributed by atoms with van der Waals surface area (Å²) in [5.41, 5.74) is 0.152. The summed E-state index contributed by atoms with van der Waals surface area (Å²) < 4.78 is 59.0. The highest BCUT2D eigenvalue weighted by molar-refractivity contribution is 5.82. The number of alkyl halides is 3. The van der Waals surface area contributed by atoms with Crippen LogP contribution in [-0.2, 0) is 0 Å². The fourth-order valence-electron chi connectivity index (χ4n) is 3.74. The van der Waals surface area contributed by atoms with Gasteiger partial charge in [-0.1, -0.05) is 0 Å². The van der Waals surface area contributed by atoms with E-state index in [1.54, 1.807) is 22.7 Å².